The van der Waals surface area contributed by atoms with E-state index in [-0.39, 0.29) is 11.9 Å². The number of aromatic nitrogens is 1. The first-order valence-corrected chi connectivity index (χ1v) is 11.1. The van der Waals surface area contributed by atoms with E-state index in [2.05, 4.69) is 16.4 Å². The molecule has 0 aliphatic rings. The highest BCUT2D eigenvalue weighted by Gasteiger charge is 2.16. The van der Waals surface area contributed by atoms with Crippen molar-refractivity contribution in [2.75, 3.05) is 5.75 Å². The van der Waals surface area contributed by atoms with Crippen LogP contribution in [0.1, 0.15) is 22.2 Å². The van der Waals surface area contributed by atoms with Gasteiger partial charge in [-0.15, -0.1) is 23.1 Å². The quantitative estimate of drug-likeness (QED) is 0.446. The summed E-state index contributed by atoms with van der Waals surface area (Å²) in [5, 5.41) is 4.24. The molecule has 0 aliphatic heterocycles. The van der Waals surface area contributed by atoms with Gasteiger partial charge in [0, 0.05) is 5.75 Å². The number of para-hydroxylation sites is 1. The standard InChI is InChI=1S/C23H20N2OS2/c26-21(15-27-16-22-24-19-13-7-8-14-20(19)28-22)25-23(17-9-3-1-4-10-17)18-11-5-2-6-12-18/h1-14,23H,15-16H2,(H,25,26). The number of benzene rings is 3. The van der Waals surface area contributed by atoms with Crippen LogP contribution in [-0.2, 0) is 10.5 Å². The van der Waals surface area contributed by atoms with E-state index in [0.717, 1.165) is 27.4 Å². The Balaban J connectivity index is 1.39. The van der Waals surface area contributed by atoms with Gasteiger partial charge in [0.25, 0.3) is 0 Å². The molecule has 0 saturated carbocycles. The molecule has 140 valence electrons. The Morgan fingerprint density at radius 1 is 0.893 bits per heavy atom. The number of nitrogens with zero attached hydrogens (tertiary/aromatic N) is 1. The highest BCUT2D eigenvalue weighted by atomic mass is 32.2. The van der Waals surface area contributed by atoms with E-state index in [4.69, 9.17) is 0 Å². The van der Waals surface area contributed by atoms with Gasteiger partial charge in [0.05, 0.1) is 22.0 Å². The predicted octanol–water partition coefficient (Wildman–Crippen LogP) is 5.44. The average molecular weight is 405 g/mol. The van der Waals surface area contributed by atoms with Crippen molar-refractivity contribution < 1.29 is 4.79 Å². The predicted molar refractivity (Wildman–Crippen MR) is 119 cm³/mol. The Labute approximate surface area is 172 Å². The lowest BCUT2D eigenvalue weighted by atomic mass is 9.99. The van der Waals surface area contributed by atoms with Gasteiger partial charge in [-0.3, -0.25) is 4.79 Å². The van der Waals surface area contributed by atoms with Crippen molar-refractivity contribution in [3.8, 4) is 0 Å². The molecule has 0 aliphatic carbocycles. The van der Waals surface area contributed by atoms with Crippen LogP contribution in [0, 0.1) is 0 Å². The molecule has 0 spiro atoms. The number of hydrogen-bond acceptors (Lipinski definition) is 4. The largest absolute Gasteiger partial charge is 0.344 e. The van der Waals surface area contributed by atoms with Gasteiger partial charge in [-0.05, 0) is 23.3 Å². The molecule has 0 atom stereocenters. The second kappa shape index (κ2) is 9.04. The molecule has 3 nitrogen and oxygen atoms in total. The summed E-state index contributed by atoms with van der Waals surface area (Å²) in [7, 11) is 0. The third-order valence-electron chi connectivity index (χ3n) is 4.37. The zero-order valence-electron chi connectivity index (χ0n) is 15.2. The number of thioether (sulfide) groups is 1. The Morgan fingerprint density at radius 2 is 1.50 bits per heavy atom. The van der Waals surface area contributed by atoms with Crippen LogP contribution in [0.15, 0.2) is 84.9 Å². The van der Waals surface area contributed by atoms with Gasteiger partial charge in [0.15, 0.2) is 0 Å². The highest BCUT2D eigenvalue weighted by molar-refractivity contribution is 7.99. The van der Waals surface area contributed by atoms with Gasteiger partial charge >= 0.3 is 0 Å². The van der Waals surface area contributed by atoms with Crippen molar-refractivity contribution in [1.82, 2.24) is 10.3 Å². The molecule has 4 aromatic rings. The van der Waals surface area contributed by atoms with Crippen molar-refractivity contribution in [2.24, 2.45) is 0 Å². The molecule has 28 heavy (non-hydrogen) atoms. The van der Waals surface area contributed by atoms with Gasteiger partial charge < -0.3 is 5.32 Å². The normalized spacial score (nSPS) is 11.0. The summed E-state index contributed by atoms with van der Waals surface area (Å²) >= 11 is 3.29. The maximum Gasteiger partial charge on any atom is 0.230 e. The van der Waals surface area contributed by atoms with Gasteiger partial charge in [0.1, 0.15) is 5.01 Å². The van der Waals surface area contributed by atoms with Crippen LogP contribution in [-0.4, -0.2) is 16.6 Å². The maximum atomic E-state index is 12.6. The minimum atomic E-state index is -0.141. The van der Waals surface area contributed by atoms with E-state index in [0.29, 0.717) is 5.75 Å². The van der Waals surface area contributed by atoms with Crippen LogP contribution in [0.2, 0.25) is 0 Å². The third kappa shape index (κ3) is 4.61. The minimum Gasteiger partial charge on any atom is -0.344 e. The molecule has 0 bridgehead atoms. The molecule has 0 radical (unpaired) electrons. The monoisotopic (exact) mass is 404 g/mol. The van der Waals surface area contributed by atoms with Gasteiger partial charge in [-0.25, -0.2) is 4.98 Å². The second-order valence-electron chi connectivity index (χ2n) is 6.39. The van der Waals surface area contributed by atoms with Crippen molar-refractivity contribution >= 4 is 39.2 Å². The minimum absolute atomic E-state index is 0.0313. The first-order valence-electron chi connectivity index (χ1n) is 9.11. The number of amides is 1. The van der Waals surface area contributed by atoms with E-state index in [1.165, 1.54) is 4.70 Å². The van der Waals surface area contributed by atoms with E-state index in [9.17, 15) is 4.79 Å². The Kier molecular flexibility index (Phi) is 6.04. The van der Waals surface area contributed by atoms with Crippen LogP contribution >= 0.6 is 23.1 Å². The SMILES string of the molecule is O=C(CSCc1nc2ccccc2s1)NC(c1ccccc1)c1ccccc1. The number of carbonyl (C=O) groups excluding carboxylic acids is 1. The van der Waals surface area contributed by atoms with E-state index < -0.39 is 0 Å². The Morgan fingerprint density at radius 3 is 2.14 bits per heavy atom. The Bertz CT molecular complexity index is 975. The smallest absolute Gasteiger partial charge is 0.230 e. The molecule has 1 aromatic heterocycles. The first-order chi connectivity index (χ1) is 13.8. The van der Waals surface area contributed by atoms with Crippen LogP contribution in [0.4, 0.5) is 0 Å². The van der Waals surface area contributed by atoms with E-state index >= 15 is 0 Å². The zero-order chi connectivity index (χ0) is 19.2. The molecule has 5 heteroatoms. The van der Waals surface area contributed by atoms with Crippen molar-refractivity contribution in [3.63, 3.8) is 0 Å². The highest BCUT2D eigenvalue weighted by Crippen LogP contribution is 2.25. The summed E-state index contributed by atoms with van der Waals surface area (Å²) in [4.78, 5) is 17.2. The van der Waals surface area contributed by atoms with Gasteiger partial charge in [-0.2, -0.15) is 0 Å². The van der Waals surface area contributed by atoms with Crippen molar-refractivity contribution in [2.45, 2.75) is 11.8 Å². The third-order valence-corrected chi connectivity index (χ3v) is 6.53. The molecular formula is C23H20N2OS2. The zero-order valence-corrected chi connectivity index (χ0v) is 16.9. The summed E-state index contributed by atoms with van der Waals surface area (Å²) in [6.07, 6.45) is 0. The fourth-order valence-corrected chi connectivity index (χ4v) is 4.92. The number of hydrogen-bond donors (Lipinski definition) is 1. The summed E-state index contributed by atoms with van der Waals surface area (Å²) in [5.74, 6) is 1.18. The summed E-state index contributed by atoms with van der Waals surface area (Å²) in [5.41, 5.74) is 3.19. The van der Waals surface area contributed by atoms with E-state index in [1.54, 1.807) is 23.1 Å². The van der Waals surface area contributed by atoms with Gasteiger partial charge in [0.2, 0.25) is 5.91 Å². The first kappa shape index (κ1) is 18.7. The van der Waals surface area contributed by atoms with Crippen LogP contribution in [0.25, 0.3) is 10.2 Å². The average Bonchev–Trinajstić information content (AvgIpc) is 3.16. The van der Waals surface area contributed by atoms with Crippen molar-refractivity contribution in [1.29, 1.82) is 0 Å². The molecule has 0 fully saturated rings. The summed E-state index contributed by atoms with van der Waals surface area (Å²) in [6, 6.07) is 28.2. The number of fused-ring (bicyclic) bond motifs is 1. The van der Waals surface area contributed by atoms with Crippen molar-refractivity contribution in [3.05, 3.63) is 101 Å². The topological polar surface area (TPSA) is 42.0 Å². The molecule has 4 rings (SSSR count). The molecule has 3 aromatic carbocycles. The fraction of sp³-hybridized carbons (Fsp3) is 0.130. The molecule has 1 heterocycles. The van der Waals surface area contributed by atoms with Crippen LogP contribution in [0.3, 0.4) is 0 Å². The molecule has 0 unspecified atom stereocenters. The van der Waals surface area contributed by atoms with E-state index in [1.807, 2.05) is 78.9 Å². The maximum absolute atomic E-state index is 12.6. The van der Waals surface area contributed by atoms with Crippen LogP contribution < -0.4 is 5.32 Å². The number of carbonyl (C=O) groups is 1. The van der Waals surface area contributed by atoms with Crippen LogP contribution in [0.5, 0.6) is 0 Å². The lowest BCUT2D eigenvalue weighted by Crippen LogP contribution is -2.30. The Hall–Kier alpha value is -2.63. The molecule has 0 saturated heterocycles. The summed E-state index contributed by atoms with van der Waals surface area (Å²) in [6.45, 7) is 0. The second-order valence-corrected chi connectivity index (χ2v) is 8.49. The lowest BCUT2D eigenvalue weighted by molar-refractivity contribution is -0.119. The summed E-state index contributed by atoms with van der Waals surface area (Å²) < 4.78 is 1.19. The number of rotatable bonds is 7. The number of nitrogens with one attached hydrogen (secondary N) is 1. The molecule has 1 N–H and O–H groups in total. The fourth-order valence-electron chi connectivity index (χ4n) is 3.07. The molecule has 1 amide bonds. The number of thiazole rings is 1. The molecular weight excluding hydrogens is 384 g/mol. The lowest BCUT2D eigenvalue weighted by Gasteiger charge is -2.19. The van der Waals surface area contributed by atoms with Gasteiger partial charge in [-0.1, -0.05) is 72.8 Å².